The number of pyridine rings is 7. The van der Waals surface area contributed by atoms with Crippen LogP contribution in [0.4, 0.5) is 17.6 Å². The second kappa shape index (κ2) is 59.3. The monoisotopic (exact) mass is 2940 g/mol. The number of ketones is 1. The first-order chi connectivity index (χ1) is 60.7. The Morgan fingerprint density at radius 3 is 1.30 bits per heavy atom. The van der Waals surface area contributed by atoms with E-state index in [0.717, 1.165) is 80.0 Å². The summed E-state index contributed by atoms with van der Waals surface area (Å²) in [5, 5.41) is 22.8. The average Bonchev–Trinajstić information content (AvgIpc) is 1.51. The number of aliphatic hydroxyl groups excluding tert-OH is 1. The van der Waals surface area contributed by atoms with Gasteiger partial charge in [-0.1, -0.05) is 163 Å². The van der Waals surface area contributed by atoms with Crippen molar-refractivity contribution in [1.82, 2.24) is 53.2 Å². The number of carboxylic acids is 1. The predicted octanol–water partition coefficient (Wildman–Crippen LogP) is 23.6. The first kappa shape index (κ1) is 110. The minimum absolute atomic E-state index is 0. The molecule has 15 nitrogen and oxygen atoms in total. The third-order valence-corrected chi connectivity index (χ3v) is 18.0. The Morgan fingerprint density at radius 1 is 0.389 bits per heavy atom. The smallest absolute Gasteiger partial charge is 0.354 e. The van der Waals surface area contributed by atoms with Crippen molar-refractivity contribution < 1.29 is 207 Å². The zero-order valence-corrected chi connectivity index (χ0v) is 86.2. The maximum absolute atomic E-state index is 13.2. The summed E-state index contributed by atoms with van der Waals surface area (Å²) >= 11 is 0. The molecule has 9 heterocycles. The van der Waals surface area contributed by atoms with Gasteiger partial charge in [-0.15, -0.1) is 120 Å². The molecule has 0 fully saturated rings. The number of aliphatic hydroxyl groups is 1. The second-order valence-electron chi connectivity index (χ2n) is 26.6. The van der Waals surface area contributed by atoms with E-state index in [1.807, 2.05) is 217 Å². The van der Waals surface area contributed by atoms with E-state index in [1.165, 1.54) is 40.1 Å². The maximum atomic E-state index is 13.2. The van der Waals surface area contributed by atoms with Gasteiger partial charge in [0.15, 0.2) is 23.7 Å². The third-order valence-electron chi connectivity index (χ3n) is 18.0. The molecule has 9 aromatic heterocycles. The van der Waals surface area contributed by atoms with Crippen LogP contribution in [0.3, 0.4) is 0 Å². The number of aromatic nitrogens is 11. The van der Waals surface area contributed by atoms with Gasteiger partial charge in [-0.2, -0.15) is 36.4 Å². The molecule has 0 aliphatic carbocycles. The number of carbonyl (C=O) groups is 1. The Balaban J connectivity index is 0.000000260. The molecule has 26 heteroatoms. The third kappa shape index (κ3) is 33.9. The fourth-order valence-electron chi connectivity index (χ4n) is 12.1. The largest absolute Gasteiger partial charge is 0.507 e. The second-order valence-corrected chi connectivity index (χ2v) is 26.6. The van der Waals surface area contributed by atoms with Crippen LogP contribution < -0.4 is 0 Å². The number of carbonyl (C=O) groups excluding carboxylic acids is 1. The molecule has 0 aliphatic rings. The summed E-state index contributed by atoms with van der Waals surface area (Å²) in [5.41, 5.74) is 13.3. The number of halogens is 4. The van der Waals surface area contributed by atoms with Crippen molar-refractivity contribution in [2.24, 2.45) is 14.1 Å². The van der Waals surface area contributed by atoms with Gasteiger partial charge in [0.1, 0.15) is 23.8 Å². The fraction of sp³-hybridized carbons (Fsp3) is 0.0190. The van der Waals surface area contributed by atoms with Crippen LogP contribution in [0.2, 0.25) is 0 Å². The Hall–Kier alpha value is -11.2. The summed E-state index contributed by atoms with van der Waals surface area (Å²) in [7, 11) is 4.06. The van der Waals surface area contributed by atoms with Crippen LogP contribution in [-0.2, 0) is 135 Å². The number of hydrogen-bond donors (Lipinski definition) is 2. The van der Waals surface area contributed by atoms with Crippen LogP contribution >= 0.6 is 0 Å². The van der Waals surface area contributed by atoms with Gasteiger partial charge in [0.2, 0.25) is 0 Å². The number of benzene rings is 11. The van der Waals surface area contributed by atoms with Crippen LogP contribution in [0.15, 0.2) is 420 Å². The summed E-state index contributed by atoms with van der Waals surface area (Å²) in [6.45, 7) is 0. The van der Waals surface area contributed by atoms with Gasteiger partial charge in [-0.05, 0) is 106 Å². The van der Waals surface area contributed by atoms with Gasteiger partial charge in [0, 0.05) is 291 Å². The van der Waals surface area contributed by atoms with Crippen molar-refractivity contribution in [3.63, 3.8) is 0 Å². The number of nitrogens with zero attached hydrogens (tertiary/aromatic N) is 11. The molecule has 0 spiro atoms. The number of para-hydroxylation sites is 4. The van der Waals surface area contributed by atoms with Crippen molar-refractivity contribution in [3.05, 3.63) is 497 Å². The van der Waals surface area contributed by atoms with E-state index in [0.29, 0.717) is 22.5 Å². The standard InChI is InChI=1S/C15H10N.C15H12O2.C14H12N2.C12H8N2.2C11H6F2N.C11H8N.C10H10N2.C6H5NO2.Eu.6Ir/c1-2-7-13(8-3-1)15-14-9-5-4-6-12(14)10-11-16-15;16-14(12-7-3-1-4-8-12)11-15(17)13-9-5-2-6-10-13;1-15-11-16(12-7-3-2-4-8-12)14-10-6-5-9-13(14)15;1-3-9-5-6-10-4-2-8-14-12(10)11(9)13-7-1;2*12-8-4-5-9(10(13)7-8)11-3-1-2-6-14-11;1-2-6-10(7-3-1)11-8-4-5-9-12-11;1-11-7-8-12(9-11)10-5-3-2-4-6-10;8-6(9)5-3-1-2-4-7-5;;;;;;;/h1-7,9-11H;1-11,16H;2-7,9-11H,1H3;1-8H;2*1-4,6-7H;1-6,8-9H;2-5,7-9H,1H3;1-4H,(H,8,9);;;;;;;/q-1;;;;3*-1;;;;;;;;;/p+1. The number of imidazole rings is 2. The van der Waals surface area contributed by atoms with Gasteiger partial charge in [-0.3, -0.25) is 36.9 Å². The molecular weight excluding hydrogens is 2860 g/mol. The van der Waals surface area contributed by atoms with E-state index in [4.69, 9.17) is 5.11 Å². The summed E-state index contributed by atoms with van der Waals surface area (Å²) in [5.74, 6) is -3.47. The van der Waals surface area contributed by atoms with Crippen molar-refractivity contribution >= 4 is 61.1 Å². The number of aromatic carboxylic acids is 1. The summed E-state index contributed by atoms with van der Waals surface area (Å²) in [4.78, 5) is 48.8. The average molecular weight is 2940 g/mol. The van der Waals surface area contributed by atoms with Gasteiger partial charge >= 0.3 is 11.8 Å². The number of aryl methyl sites for hydroxylation is 2. The topological polar surface area (TPSA) is 189 Å². The molecule has 0 unspecified atom stereocenters. The Kier molecular flexibility index (Phi) is 49.9. The van der Waals surface area contributed by atoms with E-state index in [1.54, 1.807) is 104 Å². The molecule has 11 aromatic carbocycles. The summed E-state index contributed by atoms with van der Waals surface area (Å²) < 4.78 is 59.9. The van der Waals surface area contributed by atoms with Gasteiger partial charge in [-0.25, -0.2) is 23.5 Å². The van der Waals surface area contributed by atoms with E-state index < -0.39 is 29.2 Å². The summed E-state index contributed by atoms with van der Waals surface area (Å²) in [6.07, 6.45) is 21.2. The zero-order valence-electron chi connectivity index (χ0n) is 69.4. The van der Waals surface area contributed by atoms with Crippen molar-refractivity contribution in [1.29, 1.82) is 0 Å². The molecule has 0 atom stereocenters. The predicted molar refractivity (Wildman–Crippen MR) is 483 cm³/mol. The van der Waals surface area contributed by atoms with Gasteiger partial charge in [0.05, 0.1) is 22.7 Å². The molecule has 0 aliphatic heterocycles. The van der Waals surface area contributed by atoms with Crippen LogP contribution in [0.1, 0.15) is 21.6 Å². The van der Waals surface area contributed by atoms with Crippen molar-refractivity contribution in [2.75, 3.05) is 0 Å². The maximum Gasteiger partial charge on any atom is 0.354 e. The Morgan fingerprint density at radius 2 is 0.832 bits per heavy atom. The molecule has 7 radical (unpaired) electrons. The van der Waals surface area contributed by atoms with Crippen LogP contribution in [0.5, 0.6) is 0 Å². The van der Waals surface area contributed by atoms with E-state index in [2.05, 4.69) is 161 Å². The SMILES string of the molecule is Cn1[cH+]n(-c2[c-]cccc2)c2ccccc21.Cn1ccn(-c2[c-]cccc2)[cH+]1.Fc1c[c-]c(-c2ccccn2)c(F)c1.Fc1c[c-]c(-c2ccccn2)c(F)c1.O=C(O)c1ccccn1.OC(=CC(=[OH+])c1ccccc1)c1ccccc1.[Eu].[Ir].[Ir].[Ir].[Ir].[Ir].[Ir].[c-]1ccccc1-c1ccccn1.[c-]1ccccc1-c1nccc2ccccc12.c1cnc2c(c1)ccc1cccnc12. The van der Waals surface area contributed by atoms with Gasteiger partial charge in [0.25, 0.3) is 0 Å². The molecule has 3 N–H and O–H groups in total. The number of fused-ring (bicyclic) bond motifs is 5. The van der Waals surface area contributed by atoms with E-state index in [-0.39, 0.29) is 198 Å². The minimum atomic E-state index is -0.990. The Labute approximate surface area is 878 Å². The Bertz CT molecular complexity index is 6600. The van der Waals surface area contributed by atoms with Crippen LogP contribution in [-0.4, -0.2) is 79.9 Å². The number of hydrogen-bond acceptors (Lipinski definition) is 9. The van der Waals surface area contributed by atoms with Crippen molar-refractivity contribution in [3.8, 4) is 56.4 Å². The molecule has 0 amide bonds. The van der Waals surface area contributed by atoms with Crippen LogP contribution in [0.25, 0.3) is 106 Å². The molecule has 0 bridgehead atoms. The fourth-order valence-corrected chi connectivity index (χ4v) is 12.1. The number of allylic oxidation sites excluding steroid dienone is 1. The quantitative estimate of drug-likeness (QED) is 0.0254. The van der Waals surface area contributed by atoms with Gasteiger partial charge < -0.3 is 30.1 Å². The minimum Gasteiger partial charge on any atom is -0.507 e. The van der Waals surface area contributed by atoms with E-state index >= 15 is 0 Å². The molecule has 20 rings (SSSR count). The first-order valence-corrected chi connectivity index (χ1v) is 38.7. The molecule has 131 heavy (non-hydrogen) atoms. The van der Waals surface area contributed by atoms with Crippen LogP contribution in [0, 0.1) is 109 Å². The molecule has 20 aromatic rings. The van der Waals surface area contributed by atoms with Crippen molar-refractivity contribution in [2.45, 2.75) is 0 Å². The normalized spacial score (nSPS) is 9.80. The molecule has 0 saturated carbocycles. The first-order valence-electron chi connectivity index (χ1n) is 38.7. The summed E-state index contributed by atoms with van der Waals surface area (Å²) in [6, 6.07) is 123. The zero-order chi connectivity index (χ0) is 86.5. The molecule has 669 valence electrons. The van der Waals surface area contributed by atoms with E-state index in [9.17, 15) is 32.3 Å². The number of carboxylic acid groups (broad SMARTS) is 1. The number of rotatable bonds is 10. The molecule has 0 saturated heterocycles. The molecular formula is C105H78EuF4Ir6N11O4-3.